The van der Waals surface area contributed by atoms with E-state index in [1.807, 2.05) is 30.3 Å². The Morgan fingerprint density at radius 1 is 1.23 bits per heavy atom. The van der Waals surface area contributed by atoms with E-state index >= 15 is 0 Å². The zero-order chi connectivity index (χ0) is 17.4. The molecule has 1 aromatic carbocycles. The number of aromatic nitrogens is 2. The maximum absolute atomic E-state index is 12.6. The predicted octanol–water partition coefficient (Wildman–Crippen LogP) is -1.93. The molecule has 3 atom stereocenters. The number of nitrogens with zero attached hydrogens (tertiary/aromatic N) is 3. The molecule has 130 valence electrons. The number of rotatable bonds is 4. The third-order valence-electron chi connectivity index (χ3n) is 5.13. The topological polar surface area (TPSA) is 90.3 Å². The SMILES string of the molecule is O=C([O-])[C@@H]1[C@H]2CC[C@H](C2)N1C(=O)Nc1cnn(Cc2ccccc2)c1.[K+]. The number of fused-ring (bicyclic) bond motifs is 2. The Morgan fingerprint density at radius 3 is 2.73 bits per heavy atom. The molecule has 4 rings (SSSR count). The minimum Gasteiger partial charge on any atom is -0.548 e. The van der Waals surface area contributed by atoms with Gasteiger partial charge >= 0.3 is 57.4 Å². The fourth-order valence-corrected chi connectivity index (χ4v) is 4.06. The fourth-order valence-electron chi connectivity index (χ4n) is 4.06. The summed E-state index contributed by atoms with van der Waals surface area (Å²) in [6.45, 7) is 0.604. The molecule has 2 bridgehead atoms. The van der Waals surface area contributed by atoms with Crippen LogP contribution in [-0.2, 0) is 11.3 Å². The maximum atomic E-state index is 12.6. The smallest absolute Gasteiger partial charge is 0.548 e. The number of hydrogen-bond donors (Lipinski definition) is 1. The van der Waals surface area contributed by atoms with E-state index in [9.17, 15) is 14.7 Å². The maximum Gasteiger partial charge on any atom is 1.00 e. The number of benzene rings is 1. The molecule has 7 nitrogen and oxygen atoms in total. The molecule has 1 aromatic heterocycles. The van der Waals surface area contributed by atoms with Crippen molar-refractivity contribution in [1.29, 1.82) is 0 Å². The van der Waals surface area contributed by atoms with Gasteiger partial charge in [0, 0.05) is 12.2 Å². The predicted molar refractivity (Wildman–Crippen MR) is 88.6 cm³/mol. The number of carboxylic acids is 1. The number of likely N-dealkylation sites (tertiary alicyclic amines) is 1. The largest absolute Gasteiger partial charge is 1.00 e. The number of nitrogens with one attached hydrogen (secondary N) is 1. The summed E-state index contributed by atoms with van der Waals surface area (Å²) in [6, 6.07) is 8.67. The quantitative estimate of drug-likeness (QED) is 0.628. The second-order valence-electron chi connectivity index (χ2n) is 6.74. The molecule has 2 aromatic rings. The van der Waals surface area contributed by atoms with Crippen LogP contribution in [-0.4, -0.2) is 38.8 Å². The van der Waals surface area contributed by atoms with E-state index < -0.39 is 12.0 Å². The zero-order valence-electron chi connectivity index (χ0n) is 14.7. The number of urea groups is 1. The molecular weight excluding hydrogens is 359 g/mol. The summed E-state index contributed by atoms with van der Waals surface area (Å²) in [4.78, 5) is 25.4. The van der Waals surface area contributed by atoms with Crippen LogP contribution in [0.3, 0.4) is 0 Å². The van der Waals surface area contributed by atoms with Crippen molar-refractivity contribution < 1.29 is 66.1 Å². The first-order valence-corrected chi connectivity index (χ1v) is 8.48. The number of carboxylic acid groups (broad SMARTS) is 1. The van der Waals surface area contributed by atoms with Gasteiger partial charge in [-0.1, -0.05) is 30.3 Å². The van der Waals surface area contributed by atoms with E-state index in [1.54, 1.807) is 17.1 Å². The van der Waals surface area contributed by atoms with E-state index in [0.717, 1.165) is 24.8 Å². The summed E-state index contributed by atoms with van der Waals surface area (Å²) in [5, 5.41) is 18.4. The summed E-state index contributed by atoms with van der Waals surface area (Å²) in [7, 11) is 0. The fraction of sp³-hybridized carbons (Fsp3) is 0.389. The summed E-state index contributed by atoms with van der Waals surface area (Å²) >= 11 is 0. The van der Waals surface area contributed by atoms with Crippen LogP contribution >= 0.6 is 0 Å². The number of carbonyl (C=O) groups is 2. The minimum absolute atomic E-state index is 0. The molecule has 2 fully saturated rings. The average Bonchev–Trinajstić information content (AvgIpc) is 3.31. The van der Waals surface area contributed by atoms with Gasteiger partial charge in [0.25, 0.3) is 0 Å². The van der Waals surface area contributed by atoms with Gasteiger partial charge in [0.2, 0.25) is 0 Å². The molecule has 1 N–H and O–H groups in total. The van der Waals surface area contributed by atoms with Crippen LogP contribution < -0.4 is 61.8 Å². The van der Waals surface area contributed by atoms with E-state index in [0.29, 0.717) is 12.2 Å². The van der Waals surface area contributed by atoms with E-state index in [1.165, 1.54) is 4.90 Å². The van der Waals surface area contributed by atoms with Crippen LogP contribution in [0.2, 0.25) is 0 Å². The molecule has 0 unspecified atom stereocenters. The number of amides is 2. The first-order valence-electron chi connectivity index (χ1n) is 8.48. The van der Waals surface area contributed by atoms with E-state index in [2.05, 4.69) is 10.4 Å². The third-order valence-corrected chi connectivity index (χ3v) is 5.13. The van der Waals surface area contributed by atoms with Crippen molar-refractivity contribution in [3.05, 3.63) is 48.3 Å². The molecule has 26 heavy (non-hydrogen) atoms. The molecule has 8 heteroatoms. The van der Waals surface area contributed by atoms with Crippen LogP contribution in [0, 0.1) is 5.92 Å². The molecule has 1 aliphatic heterocycles. The summed E-state index contributed by atoms with van der Waals surface area (Å²) < 4.78 is 1.73. The van der Waals surface area contributed by atoms with Gasteiger partial charge in [-0.3, -0.25) is 4.68 Å². The Hall–Kier alpha value is -1.19. The summed E-state index contributed by atoms with van der Waals surface area (Å²) in [6.07, 6.45) is 5.77. The zero-order valence-corrected chi connectivity index (χ0v) is 17.8. The van der Waals surface area contributed by atoms with Crippen molar-refractivity contribution in [3.63, 3.8) is 0 Å². The molecule has 1 aliphatic carbocycles. The number of anilines is 1. The van der Waals surface area contributed by atoms with Crippen LogP contribution in [0.15, 0.2) is 42.7 Å². The van der Waals surface area contributed by atoms with Crippen molar-refractivity contribution in [2.45, 2.75) is 37.9 Å². The van der Waals surface area contributed by atoms with Crippen LogP contribution in [0.5, 0.6) is 0 Å². The average molecular weight is 378 g/mol. The molecule has 2 amide bonds. The monoisotopic (exact) mass is 378 g/mol. The van der Waals surface area contributed by atoms with Crippen LogP contribution in [0.1, 0.15) is 24.8 Å². The van der Waals surface area contributed by atoms with Crippen molar-refractivity contribution >= 4 is 17.7 Å². The second kappa shape index (κ2) is 8.22. The Kier molecular flexibility index (Phi) is 6.19. The number of piperidine rings is 1. The standard InChI is InChI=1S/C18H20N4O3.K/c23-17(24)16-13-6-7-15(8-13)22(16)18(25)20-14-9-19-21(11-14)10-12-4-2-1-3-5-12;/h1-5,9,11,13,15-16H,6-8,10H2,(H,20,25)(H,23,24);/q;+1/p-1/t13-,15+,16-;/m0./s1. The second-order valence-corrected chi connectivity index (χ2v) is 6.74. The van der Waals surface area contributed by atoms with Crippen molar-refractivity contribution in [2.24, 2.45) is 5.92 Å². The first-order chi connectivity index (χ1) is 12.1. The van der Waals surface area contributed by atoms with Gasteiger partial charge < -0.3 is 20.1 Å². The van der Waals surface area contributed by atoms with Crippen molar-refractivity contribution in [1.82, 2.24) is 14.7 Å². The van der Waals surface area contributed by atoms with Gasteiger partial charge in [0.15, 0.2) is 0 Å². The van der Waals surface area contributed by atoms with Gasteiger partial charge in [0.05, 0.1) is 30.4 Å². The van der Waals surface area contributed by atoms with E-state index in [4.69, 9.17) is 0 Å². The molecule has 1 saturated carbocycles. The summed E-state index contributed by atoms with van der Waals surface area (Å²) in [5.74, 6) is -1.15. The molecular formula is C18H19KN4O3. The molecule has 0 radical (unpaired) electrons. The molecule has 2 aliphatic rings. The van der Waals surface area contributed by atoms with E-state index in [-0.39, 0.29) is 69.4 Å². The Labute approximate surface area is 194 Å². The normalized spacial score (nSPS) is 23.5. The van der Waals surface area contributed by atoms with Crippen molar-refractivity contribution in [2.75, 3.05) is 5.32 Å². The van der Waals surface area contributed by atoms with Gasteiger partial charge in [-0.15, -0.1) is 0 Å². The Balaban J connectivity index is 0.00000196. The Bertz CT molecular complexity index is 795. The van der Waals surface area contributed by atoms with Gasteiger partial charge in [0.1, 0.15) is 0 Å². The summed E-state index contributed by atoms with van der Waals surface area (Å²) in [5.41, 5.74) is 1.66. The van der Waals surface area contributed by atoms with Crippen LogP contribution in [0.25, 0.3) is 0 Å². The van der Waals surface area contributed by atoms with Gasteiger partial charge in [-0.25, -0.2) is 4.79 Å². The first kappa shape index (κ1) is 19.6. The van der Waals surface area contributed by atoms with Crippen LogP contribution in [0.4, 0.5) is 10.5 Å². The Morgan fingerprint density at radius 2 is 2.00 bits per heavy atom. The number of aliphatic carboxylic acids is 1. The number of carbonyl (C=O) groups excluding carboxylic acids is 2. The minimum atomic E-state index is -1.16. The van der Waals surface area contributed by atoms with Gasteiger partial charge in [-0.2, -0.15) is 5.10 Å². The molecule has 0 spiro atoms. The van der Waals surface area contributed by atoms with Crippen molar-refractivity contribution in [3.8, 4) is 0 Å². The molecule has 2 heterocycles. The third kappa shape index (κ3) is 3.89. The van der Waals surface area contributed by atoms with Gasteiger partial charge in [-0.05, 0) is 30.7 Å². The molecule has 1 saturated heterocycles. The number of hydrogen-bond acceptors (Lipinski definition) is 4.